The lowest BCUT2D eigenvalue weighted by Gasteiger charge is -2.02. The molecule has 0 aliphatic heterocycles. The Morgan fingerprint density at radius 2 is 2.33 bits per heavy atom. The van der Waals surface area contributed by atoms with Gasteiger partial charge < -0.3 is 5.11 Å². The van der Waals surface area contributed by atoms with E-state index in [0.29, 0.717) is 12.3 Å². The maximum atomic E-state index is 10.3. The summed E-state index contributed by atoms with van der Waals surface area (Å²) in [6, 6.07) is 0. The van der Waals surface area contributed by atoms with Gasteiger partial charge in [-0.25, -0.2) is 0 Å². The number of carboxylic acids is 1. The van der Waals surface area contributed by atoms with Crippen LogP contribution < -0.4 is 0 Å². The molecular formula is C10H17N3O2. The monoisotopic (exact) mass is 211 g/mol. The van der Waals surface area contributed by atoms with Crippen LogP contribution in [0.15, 0.2) is 6.20 Å². The minimum Gasteiger partial charge on any atom is -0.481 e. The number of carboxylic acid groups (broad SMARTS) is 1. The molecule has 1 heterocycles. The number of aliphatic carboxylic acids is 1. The van der Waals surface area contributed by atoms with Crippen molar-refractivity contribution in [1.82, 2.24) is 15.0 Å². The SMILES string of the molecule is CC(C)CCn1cc(CCC(=O)O)nn1. The molecule has 1 N–H and O–H groups in total. The first-order chi connectivity index (χ1) is 7.08. The van der Waals surface area contributed by atoms with E-state index < -0.39 is 5.97 Å². The summed E-state index contributed by atoms with van der Waals surface area (Å²) >= 11 is 0. The fourth-order valence-corrected chi connectivity index (χ4v) is 1.19. The van der Waals surface area contributed by atoms with Crippen LogP contribution in [0.5, 0.6) is 0 Å². The van der Waals surface area contributed by atoms with Crippen LogP contribution in [0.3, 0.4) is 0 Å². The Morgan fingerprint density at radius 3 is 2.93 bits per heavy atom. The predicted molar refractivity (Wildman–Crippen MR) is 55.4 cm³/mol. The maximum Gasteiger partial charge on any atom is 0.303 e. The van der Waals surface area contributed by atoms with Crippen molar-refractivity contribution in [3.05, 3.63) is 11.9 Å². The molecule has 0 bridgehead atoms. The predicted octanol–water partition coefficient (Wildman–Crippen LogP) is 1.34. The van der Waals surface area contributed by atoms with Crippen molar-refractivity contribution in [2.24, 2.45) is 5.92 Å². The van der Waals surface area contributed by atoms with Gasteiger partial charge in [-0.15, -0.1) is 5.10 Å². The van der Waals surface area contributed by atoms with Crippen LogP contribution >= 0.6 is 0 Å². The number of rotatable bonds is 6. The van der Waals surface area contributed by atoms with Crippen LogP contribution in [0.1, 0.15) is 32.4 Å². The third-order valence-electron chi connectivity index (χ3n) is 2.12. The van der Waals surface area contributed by atoms with Crippen LogP contribution in [0, 0.1) is 5.92 Å². The molecule has 0 spiro atoms. The highest BCUT2D eigenvalue weighted by Gasteiger charge is 2.04. The fourth-order valence-electron chi connectivity index (χ4n) is 1.19. The number of hydrogen-bond donors (Lipinski definition) is 1. The Balaban J connectivity index is 2.38. The van der Waals surface area contributed by atoms with Gasteiger partial charge in [-0.05, 0) is 12.3 Å². The number of nitrogens with zero attached hydrogens (tertiary/aromatic N) is 3. The van der Waals surface area contributed by atoms with E-state index in [1.807, 2.05) is 6.20 Å². The Morgan fingerprint density at radius 1 is 1.60 bits per heavy atom. The van der Waals surface area contributed by atoms with Crippen molar-refractivity contribution in [2.75, 3.05) is 0 Å². The van der Waals surface area contributed by atoms with Crippen molar-refractivity contribution in [2.45, 2.75) is 39.7 Å². The number of hydrogen-bond acceptors (Lipinski definition) is 3. The molecule has 84 valence electrons. The van der Waals surface area contributed by atoms with Gasteiger partial charge in [0.25, 0.3) is 0 Å². The van der Waals surface area contributed by atoms with Gasteiger partial charge in [0.2, 0.25) is 0 Å². The molecule has 0 aromatic carbocycles. The first-order valence-electron chi connectivity index (χ1n) is 5.18. The summed E-state index contributed by atoms with van der Waals surface area (Å²) < 4.78 is 1.77. The highest BCUT2D eigenvalue weighted by molar-refractivity contribution is 5.66. The Hall–Kier alpha value is -1.39. The molecule has 0 fully saturated rings. The standard InChI is InChI=1S/C10H17N3O2/c1-8(2)5-6-13-7-9(11-12-13)3-4-10(14)15/h7-8H,3-6H2,1-2H3,(H,14,15). The zero-order valence-corrected chi connectivity index (χ0v) is 9.18. The first kappa shape index (κ1) is 11.7. The van der Waals surface area contributed by atoms with Gasteiger partial charge in [-0.3, -0.25) is 9.48 Å². The average molecular weight is 211 g/mol. The molecule has 0 aliphatic carbocycles. The van der Waals surface area contributed by atoms with Crippen LogP contribution in [0.2, 0.25) is 0 Å². The van der Waals surface area contributed by atoms with E-state index in [4.69, 9.17) is 5.11 Å². The number of carbonyl (C=O) groups is 1. The van der Waals surface area contributed by atoms with E-state index >= 15 is 0 Å². The highest BCUT2D eigenvalue weighted by Crippen LogP contribution is 2.03. The molecule has 1 aromatic heterocycles. The van der Waals surface area contributed by atoms with E-state index in [1.54, 1.807) is 4.68 Å². The summed E-state index contributed by atoms with van der Waals surface area (Å²) in [5.41, 5.74) is 0.751. The second-order valence-electron chi connectivity index (χ2n) is 4.05. The van der Waals surface area contributed by atoms with Gasteiger partial charge >= 0.3 is 5.97 Å². The number of aromatic nitrogens is 3. The largest absolute Gasteiger partial charge is 0.481 e. The smallest absolute Gasteiger partial charge is 0.303 e. The minimum absolute atomic E-state index is 0.114. The Labute approximate surface area is 89.1 Å². The summed E-state index contributed by atoms with van der Waals surface area (Å²) in [7, 11) is 0. The van der Waals surface area contributed by atoms with Gasteiger partial charge in [0, 0.05) is 19.2 Å². The molecular weight excluding hydrogens is 194 g/mol. The molecule has 0 unspecified atom stereocenters. The Kier molecular flexibility index (Phi) is 4.27. The van der Waals surface area contributed by atoms with E-state index in [-0.39, 0.29) is 6.42 Å². The molecule has 0 saturated heterocycles. The van der Waals surface area contributed by atoms with Crippen LogP contribution in [0.4, 0.5) is 0 Å². The first-order valence-corrected chi connectivity index (χ1v) is 5.18. The van der Waals surface area contributed by atoms with Crippen molar-refractivity contribution in [3.8, 4) is 0 Å². The van der Waals surface area contributed by atoms with Gasteiger partial charge in [0.1, 0.15) is 0 Å². The maximum absolute atomic E-state index is 10.3. The van der Waals surface area contributed by atoms with Gasteiger partial charge in [0.15, 0.2) is 0 Å². The van der Waals surface area contributed by atoms with Gasteiger partial charge in [-0.1, -0.05) is 19.1 Å². The molecule has 5 nitrogen and oxygen atoms in total. The zero-order valence-electron chi connectivity index (χ0n) is 9.18. The van der Waals surface area contributed by atoms with Crippen molar-refractivity contribution >= 4 is 5.97 Å². The minimum atomic E-state index is -0.799. The van der Waals surface area contributed by atoms with Crippen molar-refractivity contribution < 1.29 is 9.90 Å². The van der Waals surface area contributed by atoms with Crippen LogP contribution in [-0.2, 0) is 17.8 Å². The summed E-state index contributed by atoms with van der Waals surface area (Å²) in [5.74, 6) is -0.164. The average Bonchev–Trinajstić information content (AvgIpc) is 2.59. The van der Waals surface area contributed by atoms with E-state index in [0.717, 1.165) is 18.7 Å². The third-order valence-corrected chi connectivity index (χ3v) is 2.12. The van der Waals surface area contributed by atoms with Crippen molar-refractivity contribution in [3.63, 3.8) is 0 Å². The quantitative estimate of drug-likeness (QED) is 0.771. The molecule has 0 radical (unpaired) electrons. The molecule has 0 aliphatic rings. The summed E-state index contributed by atoms with van der Waals surface area (Å²) in [4.78, 5) is 10.3. The lowest BCUT2D eigenvalue weighted by atomic mass is 10.1. The molecule has 15 heavy (non-hydrogen) atoms. The summed E-state index contributed by atoms with van der Waals surface area (Å²) in [5, 5.41) is 16.4. The molecule has 5 heteroatoms. The zero-order chi connectivity index (χ0) is 11.3. The third kappa shape index (κ3) is 4.58. The lowest BCUT2D eigenvalue weighted by molar-refractivity contribution is -0.136. The Bertz CT molecular complexity index is 320. The van der Waals surface area contributed by atoms with Crippen molar-refractivity contribution in [1.29, 1.82) is 0 Å². The molecule has 1 rings (SSSR count). The van der Waals surface area contributed by atoms with E-state index in [1.165, 1.54) is 0 Å². The van der Waals surface area contributed by atoms with E-state index in [2.05, 4.69) is 24.2 Å². The van der Waals surface area contributed by atoms with E-state index in [9.17, 15) is 4.79 Å². The van der Waals surface area contributed by atoms with Gasteiger partial charge in [0.05, 0.1) is 12.1 Å². The fraction of sp³-hybridized carbons (Fsp3) is 0.700. The summed E-state index contributed by atoms with van der Waals surface area (Å²) in [6.45, 7) is 5.16. The van der Waals surface area contributed by atoms with Crippen LogP contribution in [-0.4, -0.2) is 26.1 Å². The number of aryl methyl sites for hydroxylation is 2. The molecule has 0 amide bonds. The normalized spacial score (nSPS) is 10.9. The molecule has 0 saturated carbocycles. The summed E-state index contributed by atoms with van der Waals surface area (Å²) in [6.07, 6.45) is 3.45. The van der Waals surface area contributed by atoms with Gasteiger partial charge in [-0.2, -0.15) is 0 Å². The molecule has 1 aromatic rings. The molecule has 0 atom stereocenters. The second-order valence-corrected chi connectivity index (χ2v) is 4.05. The highest BCUT2D eigenvalue weighted by atomic mass is 16.4. The van der Waals surface area contributed by atoms with Crippen LogP contribution in [0.25, 0.3) is 0 Å². The second kappa shape index (κ2) is 5.48. The topological polar surface area (TPSA) is 68.0 Å². The lowest BCUT2D eigenvalue weighted by Crippen LogP contribution is -2.02.